The zero-order valence-corrected chi connectivity index (χ0v) is 14.2. The number of carbonyl (C=O) groups is 2. The zero-order chi connectivity index (χ0) is 19.1. The molecule has 0 radical (unpaired) electrons. The molecular weight excluding hydrogens is 342 g/mol. The second-order valence-electron chi connectivity index (χ2n) is 5.61. The second kappa shape index (κ2) is 8.36. The Balaban J connectivity index is 1.68. The number of carbonyl (C=O) groups excluding carboxylic acids is 2. The van der Waals surface area contributed by atoms with Gasteiger partial charge in [-0.15, -0.1) is 0 Å². The summed E-state index contributed by atoms with van der Waals surface area (Å²) >= 11 is 0. The smallest absolute Gasteiger partial charge is 0.257 e. The van der Waals surface area contributed by atoms with Crippen LogP contribution in [0.15, 0.2) is 67.1 Å². The van der Waals surface area contributed by atoms with Crippen LogP contribution in [0.5, 0.6) is 0 Å². The Hall–Kier alpha value is -4.05. The normalized spacial score (nSPS) is 9.89. The SMILES string of the molecule is N#Cc1cccc(NC(=O)c2cncc(C(=O)NCc3ccccn3)c2)c1. The molecular formula is C20H15N5O2. The number of hydrogen-bond donors (Lipinski definition) is 2. The average Bonchev–Trinajstić information content (AvgIpc) is 2.73. The number of rotatable bonds is 5. The molecule has 0 aliphatic carbocycles. The third kappa shape index (κ3) is 4.74. The molecule has 2 N–H and O–H groups in total. The molecule has 27 heavy (non-hydrogen) atoms. The lowest BCUT2D eigenvalue weighted by Gasteiger charge is -2.08. The molecule has 0 fully saturated rings. The minimum absolute atomic E-state index is 0.239. The van der Waals surface area contributed by atoms with Crippen LogP contribution in [0.25, 0.3) is 0 Å². The molecule has 0 unspecified atom stereocenters. The first kappa shape index (κ1) is 17.8. The second-order valence-corrected chi connectivity index (χ2v) is 5.61. The van der Waals surface area contributed by atoms with E-state index in [9.17, 15) is 9.59 Å². The van der Waals surface area contributed by atoms with E-state index in [0.29, 0.717) is 11.3 Å². The van der Waals surface area contributed by atoms with Gasteiger partial charge in [-0.05, 0) is 36.4 Å². The first-order chi connectivity index (χ1) is 13.2. The molecule has 0 saturated heterocycles. The molecule has 0 saturated carbocycles. The van der Waals surface area contributed by atoms with Crippen molar-refractivity contribution in [2.45, 2.75) is 6.54 Å². The highest BCUT2D eigenvalue weighted by molar-refractivity contribution is 6.05. The first-order valence-corrected chi connectivity index (χ1v) is 8.10. The number of benzene rings is 1. The van der Waals surface area contributed by atoms with Crippen molar-refractivity contribution in [2.24, 2.45) is 0 Å². The molecule has 2 amide bonds. The van der Waals surface area contributed by atoms with E-state index in [0.717, 1.165) is 5.69 Å². The standard InChI is InChI=1S/C20H15N5O2/c21-10-14-4-3-6-17(8-14)25-20(27)16-9-15(11-22-12-16)19(26)24-13-18-5-1-2-7-23-18/h1-9,11-12H,13H2,(H,24,26)(H,25,27). The van der Waals surface area contributed by atoms with E-state index in [4.69, 9.17) is 5.26 Å². The third-order valence-electron chi connectivity index (χ3n) is 3.67. The maximum atomic E-state index is 12.4. The molecule has 132 valence electrons. The van der Waals surface area contributed by atoms with Gasteiger partial charge in [0.2, 0.25) is 0 Å². The van der Waals surface area contributed by atoms with Gasteiger partial charge in [-0.25, -0.2) is 0 Å². The van der Waals surface area contributed by atoms with Crippen LogP contribution < -0.4 is 10.6 Å². The van der Waals surface area contributed by atoms with E-state index in [1.54, 1.807) is 42.6 Å². The summed E-state index contributed by atoms with van der Waals surface area (Å²) in [5.74, 6) is -0.772. The van der Waals surface area contributed by atoms with Crippen molar-refractivity contribution in [3.05, 3.63) is 89.5 Å². The predicted octanol–water partition coefficient (Wildman–Crippen LogP) is 2.53. The quantitative estimate of drug-likeness (QED) is 0.729. The molecule has 0 aliphatic rings. The van der Waals surface area contributed by atoms with Crippen molar-refractivity contribution < 1.29 is 9.59 Å². The van der Waals surface area contributed by atoms with Gasteiger partial charge in [0, 0.05) is 24.3 Å². The first-order valence-electron chi connectivity index (χ1n) is 8.10. The molecule has 0 spiro atoms. The van der Waals surface area contributed by atoms with Crippen molar-refractivity contribution in [1.29, 1.82) is 5.26 Å². The van der Waals surface area contributed by atoms with Crippen LogP contribution in [0.3, 0.4) is 0 Å². The molecule has 0 bridgehead atoms. The highest BCUT2D eigenvalue weighted by atomic mass is 16.2. The summed E-state index contributed by atoms with van der Waals surface area (Å²) in [6.45, 7) is 0.275. The number of nitriles is 1. The fraction of sp³-hybridized carbons (Fsp3) is 0.0500. The van der Waals surface area contributed by atoms with Crippen molar-refractivity contribution in [2.75, 3.05) is 5.32 Å². The minimum atomic E-state index is -0.419. The maximum Gasteiger partial charge on any atom is 0.257 e. The van der Waals surface area contributed by atoms with Crippen LogP contribution in [-0.4, -0.2) is 21.8 Å². The lowest BCUT2D eigenvalue weighted by Crippen LogP contribution is -2.24. The summed E-state index contributed by atoms with van der Waals surface area (Å²) in [5.41, 5.74) is 2.16. The summed E-state index contributed by atoms with van der Waals surface area (Å²) in [4.78, 5) is 32.8. The Kier molecular flexibility index (Phi) is 5.50. The van der Waals surface area contributed by atoms with Crippen molar-refractivity contribution in [1.82, 2.24) is 15.3 Å². The van der Waals surface area contributed by atoms with Crippen molar-refractivity contribution >= 4 is 17.5 Å². The molecule has 0 aliphatic heterocycles. The number of anilines is 1. The number of nitrogens with zero attached hydrogens (tertiary/aromatic N) is 3. The topological polar surface area (TPSA) is 108 Å². The Bertz CT molecular complexity index is 1010. The maximum absolute atomic E-state index is 12.4. The highest BCUT2D eigenvalue weighted by Gasteiger charge is 2.12. The Labute approximate surface area is 155 Å². The van der Waals surface area contributed by atoms with Crippen molar-refractivity contribution in [3.8, 4) is 6.07 Å². The molecule has 2 heterocycles. The van der Waals surface area contributed by atoms with E-state index >= 15 is 0 Å². The van der Waals surface area contributed by atoms with E-state index in [1.807, 2.05) is 12.1 Å². The van der Waals surface area contributed by atoms with Gasteiger partial charge >= 0.3 is 0 Å². The summed E-state index contributed by atoms with van der Waals surface area (Å²) < 4.78 is 0. The summed E-state index contributed by atoms with van der Waals surface area (Å²) in [7, 11) is 0. The van der Waals surface area contributed by atoms with Gasteiger partial charge in [0.25, 0.3) is 11.8 Å². The van der Waals surface area contributed by atoms with Gasteiger partial charge < -0.3 is 10.6 Å². The molecule has 7 nitrogen and oxygen atoms in total. The fourth-order valence-corrected chi connectivity index (χ4v) is 2.33. The van der Waals surface area contributed by atoms with Crippen LogP contribution in [-0.2, 0) is 6.54 Å². The third-order valence-corrected chi connectivity index (χ3v) is 3.67. The number of aromatic nitrogens is 2. The lowest BCUT2D eigenvalue weighted by atomic mass is 10.1. The van der Waals surface area contributed by atoms with E-state index in [2.05, 4.69) is 20.6 Å². The van der Waals surface area contributed by atoms with E-state index in [-0.39, 0.29) is 23.6 Å². The average molecular weight is 357 g/mol. The fourth-order valence-electron chi connectivity index (χ4n) is 2.33. The van der Waals surface area contributed by atoms with Crippen molar-refractivity contribution in [3.63, 3.8) is 0 Å². The molecule has 0 atom stereocenters. The number of amides is 2. The number of pyridine rings is 2. The van der Waals surface area contributed by atoms with Gasteiger partial charge in [0.05, 0.1) is 35.0 Å². The van der Waals surface area contributed by atoms with Crippen LogP contribution in [0.4, 0.5) is 5.69 Å². The Morgan fingerprint density at radius 2 is 1.81 bits per heavy atom. The summed E-state index contributed by atoms with van der Waals surface area (Å²) in [6.07, 6.45) is 4.41. The largest absolute Gasteiger partial charge is 0.346 e. The summed E-state index contributed by atoms with van der Waals surface area (Å²) in [6, 6.07) is 15.5. The molecule has 3 rings (SSSR count). The zero-order valence-electron chi connectivity index (χ0n) is 14.2. The predicted molar refractivity (Wildman–Crippen MR) is 98.8 cm³/mol. The highest BCUT2D eigenvalue weighted by Crippen LogP contribution is 2.12. The number of hydrogen-bond acceptors (Lipinski definition) is 5. The Morgan fingerprint density at radius 1 is 1.00 bits per heavy atom. The summed E-state index contributed by atoms with van der Waals surface area (Å²) in [5, 5.41) is 14.3. The molecule has 2 aromatic heterocycles. The van der Waals surface area contributed by atoms with Gasteiger partial charge in [0.15, 0.2) is 0 Å². The van der Waals surface area contributed by atoms with Crippen LogP contribution in [0.2, 0.25) is 0 Å². The van der Waals surface area contributed by atoms with E-state index < -0.39 is 5.91 Å². The number of nitrogens with one attached hydrogen (secondary N) is 2. The monoisotopic (exact) mass is 357 g/mol. The minimum Gasteiger partial charge on any atom is -0.346 e. The van der Waals surface area contributed by atoms with Crippen LogP contribution >= 0.6 is 0 Å². The lowest BCUT2D eigenvalue weighted by molar-refractivity contribution is 0.0950. The van der Waals surface area contributed by atoms with E-state index in [1.165, 1.54) is 18.5 Å². The molecule has 3 aromatic rings. The van der Waals surface area contributed by atoms with Crippen LogP contribution in [0.1, 0.15) is 32.0 Å². The molecule has 1 aromatic carbocycles. The van der Waals surface area contributed by atoms with Gasteiger partial charge in [-0.1, -0.05) is 12.1 Å². The van der Waals surface area contributed by atoms with Crippen LogP contribution in [0, 0.1) is 11.3 Å². The van der Waals surface area contributed by atoms with Gasteiger partial charge in [-0.2, -0.15) is 5.26 Å². The van der Waals surface area contributed by atoms with Gasteiger partial charge in [-0.3, -0.25) is 19.6 Å². The Morgan fingerprint density at radius 3 is 2.56 bits per heavy atom. The molecule has 7 heteroatoms. The van der Waals surface area contributed by atoms with Gasteiger partial charge in [0.1, 0.15) is 0 Å².